The lowest BCUT2D eigenvalue weighted by Gasteiger charge is -2.35. The summed E-state index contributed by atoms with van der Waals surface area (Å²) in [4.78, 5) is 0. The van der Waals surface area contributed by atoms with Gasteiger partial charge in [0.2, 0.25) is 0 Å². The van der Waals surface area contributed by atoms with E-state index < -0.39 is 5.41 Å². The van der Waals surface area contributed by atoms with Gasteiger partial charge in [0.15, 0.2) is 0 Å². The fourth-order valence-corrected chi connectivity index (χ4v) is 1.89. The van der Waals surface area contributed by atoms with Crippen molar-refractivity contribution in [3.05, 3.63) is 35.4 Å². The summed E-state index contributed by atoms with van der Waals surface area (Å²) in [5, 5.41) is 9.19. The van der Waals surface area contributed by atoms with Gasteiger partial charge in [0.05, 0.1) is 19.3 Å². The topological polar surface area (TPSA) is 33.0 Å². The van der Waals surface area contributed by atoms with Crippen molar-refractivity contribution in [1.29, 1.82) is 5.26 Å². The molecule has 2 rings (SSSR count). The van der Waals surface area contributed by atoms with Crippen molar-refractivity contribution in [1.82, 2.24) is 0 Å². The van der Waals surface area contributed by atoms with Gasteiger partial charge in [0.1, 0.15) is 5.41 Å². The molecule has 1 aliphatic rings. The number of hydrogen-bond acceptors (Lipinski definition) is 2. The van der Waals surface area contributed by atoms with Crippen LogP contribution in [0.2, 0.25) is 0 Å². The van der Waals surface area contributed by atoms with E-state index in [2.05, 4.69) is 51.1 Å². The molecule has 0 saturated carbocycles. The molecule has 16 heavy (non-hydrogen) atoms. The molecular weight excluding hydrogens is 198 g/mol. The van der Waals surface area contributed by atoms with Crippen LogP contribution in [0, 0.1) is 11.3 Å². The first-order chi connectivity index (χ1) is 7.48. The molecule has 1 heterocycles. The molecule has 0 aromatic heterocycles. The summed E-state index contributed by atoms with van der Waals surface area (Å²) < 4.78 is 5.16. The number of rotatable bonds is 1. The summed E-state index contributed by atoms with van der Waals surface area (Å²) in [5.41, 5.74) is 2.14. The molecule has 0 N–H and O–H groups in total. The molecule has 1 saturated heterocycles. The normalized spacial score (nSPS) is 18.6. The highest BCUT2D eigenvalue weighted by atomic mass is 16.5. The SMILES string of the molecule is CC(C)(C)c1ccc(C2(C#N)COC2)cc1. The van der Waals surface area contributed by atoms with Gasteiger partial charge < -0.3 is 4.74 Å². The maximum Gasteiger partial charge on any atom is 0.129 e. The summed E-state index contributed by atoms with van der Waals surface area (Å²) in [5.74, 6) is 0. The van der Waals surface area contributed by atoms with E-state index in [1.807, 2.05) is 0 Å². The van der Waals surface area contributed by atoms with Crippen molar-refractivity contribution in [3.63, 3.8) is 0 Å². The number of hydrogen-bond donors (Lipinski definition) is 0. The van der Waals surface area contributed by atoms with Crippen LogP contribution in [0.15, 0.2) is 24.3 Å². The first-order valence-electron chi connectivity index (χ1n) is 5.58. The van der Waals surface area contributed by atoms with E-state index >= 15 is 0 Å². The molecule has 0 radical (unpaired) electrons. The van der Waals surface area contributed by atoms with E-state index in [0.29, 0.717) is 13.2 Å². The second-order valence-corrected chi connectivity index (χ2v) is 5.51. The Labute approximate surface area is 96.9 Å². The second-order valence-electron chi connectivity index (χ2n) is 5.51. The molecule has 1 aliphatic heterocycles. The Bertz CT molecular complexity index is 416. The zero-order chi connectivity index (χ0) is 11.8. The van der Waals surface area contributed by atoms with Gasteiger partial charge in [-0.25, -0.2) is 0 Å². The van der Waals surface area contributed by atoms with Gasteiger partial charge in [-0.05, 0) is 16.5 Å². The van der Waals surface area contributed by atoms with Crippen molar-refractivity contribution in [2.75, 3.05) is 13.2 Å². The third kappa shape index (κ3) is 1.72. The number of ether oxygens (including phenoxy) is 1. The average Bonchev–Trinajstić information content (AvgIpc) is 2.16. The minimum absolute atomic E-state index is 0.161. The maximum absolute atomic E-state index is 9.19. The monoisotopic (exact) mass is 215 g/mol. The standard InChI is InChI=1S/C14H17NO/c1-13(2,3)11-4-6-12(7-5-11)14(8-15)9-16-10-14/h4-7H,9-10H2,1-3H3. The van der Waals surface area contributed by atoms with Gasteiger partial charge in [-0.2, -0.15) is 5.26 Å². The molecule has 0 bridgehead atoms. The molecule has 1 aromatic carbocycles. The Morgan fingerprint density at radius 1 is 1.19 bits per heavy atom. The fraction of sp³-hybridized carbons (Fsp3) is 0.500. The van der Waals surface area contributed by atoms with Crippen molar-refractivity contribution in [3.8, 4) is 6.07 Å². The zero-order valence-corrected chi connectivity index (χ0v) is 10.1. The summed E-state index contributed by atoms with van der Waals surface area (Å²) in [6.45, 7) is 7.62. The largest absolute Gasteiger partial charge is 0.377 e. The summed E-state index contributed by atoms with van der Waals surface area (Å²) in [7, 11) is 0. The minimum atomic E-state index is -0.392. The van der Waals surface area contributed by atoms with E-state index in [4.69, 9.17) is 4.74 Å². The van der Waals surface area contributed by atoms with Crippen LogP contribution < -0.4 is 0 Å². The highest BCUT2D eigenvalue weighted by Crippen LogP contribution is 2.33. The van der Waals surface area contributed by atoms with Gasteiger partial charge in [-0.3, -0.25) is 0 Å². The van der Waals surface area contributed by atoms with Gasteiger partial charge in [-0.15, -0.1) is 0 Å². The smallest absolute Gasteiger partial charge is 0.129 e. The molecule has 0 spiro atoms. The molecule has 0 atom stereocenters. The Hall–Kier alpha value is -1.33. The second kappa shape index (κ2) is 3.61. The van der Waals surface area contributed by atoms with Crippen LogP contribution >= 0.6 is 0 Å². The van der Waals surface area contributed by atoms with E-state index in [1.165, 1.54) is 5.56 Å². The fourth-order valence-electron chi connectivity index (χ4n) is 1.89. The van der Waals surface area contributed by atoms with Crippen LogP contribution in [0.3, 0.4) is 0 Å². The van der Waals surface area contributed by atoms with Crippen LogP contribution in [-0.4, -0.2) is 13.2 Å². The van der Waals surface area contributed by atoms with Crippen molar-refractivity contribution >= 4 is 0 Å². The van der Waals surface area contributed by atoms with E-state index in [1.54, 1.807) is 0 Å². The number of nitrogens with zero attached hydrogens (tertiary/aromatic N) is 1. The highest BCUT2D eigenvalue weighted by molar-refractivity contribution is 5.38. The Kier molecular flexibility index (Phi) is 2.52. The Balaban J connectivity index is 2.30. The third-order valence-electron chi connectivity index (χ3n) is 3.21. The quantitative estimate of drug-likeness (QED) is 0.721. The predicted molar refractivity (Wildman–Crippen MR) is 63.3 cm³/mol. The molecular formula is C14H17NO. The first kappa shape index (κ1) is 11.2. The summed E-state index contributed by atoms with van der Waals surface area (Å²) in [6.07, 6.45) is 0. The number of benzene rings is 1. The lowest BCUT2D eigenvalue weighted by molar-refractivity contribution is -0.0298. The molecule has 0 aliphatic carbocycles. The maximum atomic E-state index is 9.19. The lowest BCUT2D eigenvalue weighted by atomic mass is 9.78. The van der Waals surface area contributed by atoms with Crippen LogP contribution in [0.5, 0.6) is 0 Å². The summed E-state index contributed by atoms with van der Waals surface area (Å²) >= 11 is 0. The lowest BCUT2D eigenvalue weighted by Crippen LogP contribution is -2.45. The third-order valence-corrected chi connectivity index (χ3v) is 3.21. The van der Waals surface area contributed by atoms with Crippen molar-refractivity contribution in [2.45, 2.75) is 31.6 Å². The van der Waals surface area contributed by atoms with E-state index in [-0.39, 0.29) is 5.41 Å². The van der Waals surface area contributed by atoms with Crippen LogP contribution in [0.25, 0.3) is 0 Å². The van der Waals surface area contributed by atoms with Crippen LogP contribution in [0.4, 0.5) is 0 Å². The van der Waals surface area contributed by atoms with Crippen LogP contribution in [-0.2, 0) is 15.6 Å². The molecule has 0 amide bonds. The Morgan fingerprint density at radius 2 is 1.75 bits per heavy atom. The van der Waals surface area contributed by atoms with Gasteiger partial charge in [0, 0.05) is 0 Å². The molecule has 2 heteroatoms. The zero-order valence-electron chi connectivity index (χ0n) is 10.1. The van der Waals surface area contributed by atoms with Gasteiger partial charge in [0.25, 0.3) is 0 Å². The predicted octanol–water partition coefficient (Wildman–Crippen LogP) is 2.78. The molecule has 1 aromatic rings. The molecule has 84 valence electrons. The van der Waals surface area contributed by atoms with Gasteiger partial charge in [-0.1, -0.05) is 45.0 Å². The molecule has 0 unspecified atom stereocenters. The van der Waals surface area contributed by atoms with Crippen molar-refractivity contribution < 1.29 is 4.74 Å². The molecule has 2 nitrogen and oxygen atoms in total. The Morgan fingerprint density at radius 3 is 2.06 bits per heavy atom. The van der Waals surface area contributed by atoms with Crippen LogP contribution in [0.1, 0.15) is 31.9 Å². The number of nitriles is 1. The van der Waals surface area contributed by atoms with E-state index in [9.17, 15) is 5.26 Å². The highest BCUT2D eigenvalue weighted by Gasteiger charge is 2.40. The van der Waals surface area contributed by atoms with E-state index in [0.717, 1.165) is 5.56 Å². The minimum Gasteiger partial charge on any atom is -0.377 e. The first-order valence-corrected chi connectivity index (χ1v) is 5.58. The molecule has 1 fully saturated rings. The van der Waals surface area contributed by atoms with Crippen molar-refractivity contribution in [2.24, 2.45) is 0 Å². The van der Waals surface area contributed by atoms with Gasteiger partial charge >= 0.3 is 0 Å². The summed E-state index contributed by atoms with van der Waals surface area (Å²) in [6, 6.07) is 10.7. The average molecular weight is 215 g/mol.